The molecule has 1 atom stereocenters. The maximum Gasteiger partial charge on any atom is 0.267 e. The van der Waals surface area contributed by atoms with Crippen molar-refractivity contribution in [2.24, 2.45) is 0 Å². The van der Waals surface area contributed by atoms with Crippen LogP contribution < -0.4 is 23.8 Å². The average molecular weight is 489 g/mol. The number of methoxy groups -OCH3 is 2. The average Bonchev–Trinajstić information content (AvgIpc) is 2.83. The van der Waals surface area contributed by atoms with E-state index in [2.05, 4.69) is 5.32 Å². The van der Waals surface area contributed by atoms with E-state index in [1.54, 1.807) is 42.5 Å². The van der Waals surface area contributed by atoms with E-state index in [1.165, 1.54) is 42.8 Å². The predicted octanol–water partition coefficient (Wildman–Crippen LogP) is 3.95. The number of para-hydroxylation sites is 2. The highest BCUT2D eigenvalue weighted by molar-refractivity contribution is 7.92. The third-order valence-electron chi connectivity index (χ3n) is 5.09. The summed E-state index contributed by atoms with van der Waals surface area (Å²) >= 11 is 5.92. The lowest BCUT2D eigenvalue weighted by Gasteiger charge is -2.34. The van der Waals surface area contributed by atoms with Gasteiger partial charge in [-0.05, 0) is 48.5 Å². The van der Waals surface area contributed by atoms with Gasteiger partial charge >= 0.3 is 0 Å². The Morgan fingerprint density at radius 3 is 2.48 bits per heavy atom. The van der Waals surface area contributed by atoms with Crippen LogP contribution in [0.1, 0.15) is 0 Å². The fourth-order valence-electron chi connectivity index (χ4n) is 3.43. The molecule has 0 fully saturated rings. The number of halogens is 1. The van der Waals surface area contributed by atoms with Gasteiger partial charge in [-0.3, -0.25) is 9.10 Å². The summed E-state index contributed by atoms with van der Waals surface area (Å²) in [6, 6.07) is 17.5. The number of anilines is 2. The molecule has 1 aliphatic rings. The summed E-state index contributed by atoms with van der Waals surface area (Å²) in [6.07, 6.45) is -1.11. The van der Waals surface area contributed by atoms with Gasteiger partial charge in [0, 0.05) is 11.1 Å². The number of amides is 1. The molecule has 1 amide bonds. The molecular formula is C23H21ClN2O6S. The van der Waals surface area contributed by atoms with Crippen molar-refractivity contribution in [3.05, 3.63) is 71.8 Å². The Hall–Kier alpha value is -3.43. The Bertz CT molecular complexity index is 1280. The second-order valence-corrected chi connectivity index (χ2v) is 9.42. The third-order valence-corrected chi connectivity index (χ3v) is 7.14. The van der Waals surface area contributed by atoms with Crippen molar-refractivity contribution in [1.82, 2.24) is 0 Å². The minimum Gasteiger partial charge on any atom is -0.497 e. The van der Waals surface area contributed by atoms with Gasteiger partial charge < -0.3 is 19.5 Å². The van der Waals surface area contributed by atoms with Crippen LogP contribution in [0.25, 0.3) is 0 Å². The molecule has 0 unspecified atom stereocenters. The van der Waals surface area contributed by atoms with Gasteiger partial charge in [0.1, 0.15) is 17.2 Å². The molecule has 1 N–H and O–H groups in total. The van der Waals surface area contributed by atoms with Crippen molar-refractivity contribution in [2.45, 2.75) is 11.0 Å². The predicted molar refractivity (Wildman–Crippen MR) is 125 cm³/mol. The summed E-state index contributed by atoms with van der Waals surface area (Å²) in [5.74, 6) is 0.686. The first-order valence-corrected chi connectivity index (χ1v) is 11.7. The first-order chi connectivity index (χ1) is 15.8. The van der Waals surface area contributed by atoms with Gasteiger partial charge in [0.2, 0.25) is 0 Å². The van der Waals surface area contributed by atoms with E-state index in [1.807, 2.05) is 0 Å². The molecule has 33 heavy (non-hydrogen) atoms. The van der Waals surface area contributed by atoms with Crippen molar-refractivity contribution in [3.63, 3.8) is 0 Å². The Morgan fingerprint density at radius 1 is 1.06 bits per heavy atom. The number of rotatable bonds is 6. The molecule has 4 rings (SSSR count). The maximum absolute atomic E-state index is 13.4. The molecule has 172 valence electrons. The number of ether oxygens (including phenoxy) is 3. The van der Waals surface area contributed by atoms with E-state index in [0.717, 1.165) is 0 Å². The molecule has 0 spiro atoms. The van der Waals surface area contributed by atoms with Crippen LogP contribution in [0, 0.1) is 0 Å². The Morgan fingerprint density at radius 2 is 1.79 bits per heavy atom. The van der Waals surface area contributed by atoms with Crippen LogP contribution in [0.15, 0.2) is 71.6 Å². The first kappa shape index (κ1) is 22.8. The number of sulfonamides is 1. The molecule has 8 nitrogen and oxygen atoms in total. The van der Waals surface area contributed by atoms with Crippen molar-refractivity contribution in [3.8, 4) is 17.2 Å². The molecule has 3 aromatic carbocycles. The van der Waals surface area contributed by atoms with Gasteiger partial charge in [0.05, 0.1) is 37.0 Å². The van der Waals surface area contributed by atoms with Crippen molar-refractivity contribution in [1.29, 1.82) is 0 Å². The summed E-state index contributed by atoms with van der Waals surface area (Å²) in [4.78, 5) is 13.2. The number of nitrogens with zero attached hydrogens (tertiary/aromatic N) is 1. The standard InChI is InChI=1S/C23H21ClN2O6S/c1-30-16-9-12-20(31-2)18(13-16)25-23(27)22-14-26(19-5-3-4-6-21(19)32-22)33(28,29)17-10-7-15(24)8-11-17/h3-13,22H,14H2,1-2H3,(H,25,27)/t22-/m1/s1. The van der Waals surface area contributed by atoms with Crippen LogP contribution in [0.3, 0.4) is 0 Å². The second-order valence-electron chi connectivity index (χ2n) is 7.12. The van der Waals surface area contributed by atoms with Crippen molar-refractivity contribution < 1.29 is 27.4 Å². The zero-order chi connectivity index (χ0) is 23.6. The summed E-state index contributed by atoms with van der Waals surface area (Å²) in [7, 11) is -1.000. The molecule has 3 aromatic rings. The SMILES string of the molecule is COc1ccc(OC)c(NC(=O)[C@H]2CN(S(=O)(=O)c3ccc(Cl)cc3)c3ccccc3O2)c1. The van der Waals surface area contributed by atoms with Gasteiger partial charge in [0.15, 0.2) is 6.10 Å². The van der Waals surface area contributed by atoms with E-state index in [9.17, 15) is 13.2 Å². The number of hydrogen-bond donors (Lipinski definition) is 1. The molecule has 10 heteroatoms. The highest BCUT2D eigenvalue weighted by Crippen LogP contribution is 2.37. The summed E-state index contributed by atoms with van der Waals surface area (Å²) in [6.45, 7) is -0.222. The molecule has 1 heterocycles. The normalized spacial score (nSPS) is 15.2. The zero-order valence-electron chi connectivity index (χ0n) is 17.8. The van der Waals surface area contributed by atoms with Crippen molar-refractivity contribution >= 4 is 38.9 Å². The quantitative estimate of drug-likeness (QED) is 0.564. The van der Waals surface area contributed by atoms with Crippen molar-refractivity contribution in [2.75, 3.05) is 30.4 Å². The maximum atomic E-state index is 13.4. The Labute approximate surface area is 196 Å². The molecule has 0 saturated heterocycles. The lowest BCUT2D eigenvalue weighted by Crippen LogP contribution is -2.48. The molecule has 0 radical (unpaired) electrons. The van der Waals surface area contributed by atoms with Crippen LogP contribution in [-0.2, 0) is 14.8 Å². The molecule has 0 aliphatic carbocycles. The van der Waals surface area contributed by atoms with Gasteiger partial charge in [-0.15, -0.1) is 0 Å². The fraction of sp³-hybridized carbons (Fsp3) is 0.174. The summed E-state index contributed by atoms with van der Waals surface area (Å²) < 4.78 is 44.4. The number of fused-ring (bicyclic) bond motifs is 1. The van der Waals surface area contributed by atoms with Crippen LogP contribution in [-0.4, -0.2) is 41.2 Å². The highest BCUT2D eigenvalue weighted by Gasteiger charge is 2.37. The molecule has 0 saturated carbocycles. The topological polar surface area (TPSA) is 94.2 Å². The first-order valence-electron chi connectivity index (χ1n) is 9.90. The van der Waals surface area contributed by atoms with E-state index in [0.29, 0.717) is 27.9 Å². The number of hydrogen-bond acceptors (Lipinski definition) is 6. The molecular weight excluding hydrogens is 468 g/mol. The highest BCUT2D eigenvalue weighted by atomic mass is 35.5. The largest absolute Gasteiger partial charge is 0.497 e. The second kappa shape index (κ2) is 9.21. The van der Waals surface area contributed by atoms with E-state index in [-0.39, 0.29) is 17.2 Å². The van der Waals surface area contributed by atoms with Gasteiger partial charge in [-0.2, -0.15) is 0 Å². The van der Waals surface area contributed by atoms with E-state index >= 15 is 0 Å². The van der Waals surface area contributed by atoms with E-state index < -0.39 is 22.0 Å². The van der Waals surface area contributed by atoms with Crippen LogP contribution in [0.2, 0.25) is 5.02 Å². The molecule has 1 aliphatic heterocycles. The fourth-order valence-corrected chi connectivity index (χ4v) is 5.03. The minimum atomic E-state index is -3.98. The third kappa shape index (κ3) is 4.55. The van der Waals surface area contributed by atoms with Gasteiger partial charge in [-0.1, -0.05) is 23.7 Å². The van der Waals surface area contributed by atoms with Crippen LogP contribution >= 0.6 is 11.6 Å². The summed E-state index contributed by atoms with van der Waals surface area (Å²) in [5.41, 5.74) is 0.715. The number of carbonyl (C=O) groups excluding carboxylic acids is 1. The lowest BCUT2D eigenvalue weighted by atomic mass is 10.2. The smallest absolute Gasteiger partial charge is 0.267 e. The number of nitrogens with one attached hydrogen (secondary N) is 1. The lowest BCUT2D eigenvalue weighted by molar-refractivity contribution is -0.122. The van der Waals surface area contributed by atoms with E-state index in [4.69, 9.17) is 25.8 Å². The monoisotopic (exact) mass is 488 g/mol. The molecule has 0 bridgehead atoms. The summed E-state index contributed by atoms with van der Waals surface area (Å²) in [5, 5.41) is 3.17. The molecule has 0 aromatic heterocycles. The van der Waals surface area contributed by atoms with Crippen LogP contribution in [0.5, 0.6) is 17.2 Å². The van der Waals surface area contributed by atoms with Gasteiger partial charge in [-0.25, -0.2) is 8.42 Å². The Kier molecular flexibility index (Phi) is 6.35. The van der Waals surface area contributed by atoms with Crippen LogP contribution in [0.4, 0.5) is 11.4 Å². The zero-order valence-corrected chi connectivity index (χ0v) is 19.4. The minimum absolute atomic E-state index is 0.0530. The Balaban J connectivity index is 1.67. The van der Waals surface area contributed by atoms with Gasteiger partial charge in [0.25, 0.3) is 15.9 Å². The number of benzene rings is 3. The number of carbonyl (C=O) groups is 1.